The van der Waals surface area contributed by atoms with Gasteiger partial charge in [-0.15, -0.1) is 0 Å². The first-order valence-electron chi connectivity index (χ1n) is 5.04. The summed E-state index contributed by atoms with van der Waals surface area (Å²) in [6.45, 7) is 0. The Morgan fingerprint density at radius 1 is 1.44 bits per heavy atom. The van der Waals surface area contributed by atoms with Gasteiger partial charge in [-0.3, -0.25) is 0 Å². The van der Waals surface area contributed by atoms with Crippen LogP contribution >= 0.6 is 0 Å². The molecule has 18 heavy (non-hydrogen) atoms. The van der Waals surface area contributed by atoms with Gasteiger partial charge in [-0.2, -0.15) is 0 Å². The monoisotopic (exact) mass is 270 g/mol. The summed E-state index contributed by atoms with van der Waals surface area (Å²) in [7, 11) is -3.28. The Bertz CT molecular complexity index is 679. The van der Waals surface area contributed by atoms with Crippen LogP contribution in [-0.4, -0.2) is 19.8 Å². The van der Waals surface area contributed by atoms with Crippen molar-refractivity contribution in [2.45, 2.75) is 5.75 Å². The lowest BCUT2D eigenvalue weighted by molar-refractivity contribution is 0.430. The van der Waals surface area contributed by atoms with Crippen LogP contribution in [-0.2, 0) is 15.6 Å². The van der Waals surface area contributed by atoms with Crippen molar-refractivity contribution >= 4 is 15.7 Å². The summed E-state index contributed by atoms with van der Waals surface area (Å²) in [5.74, 6) is -0.780. The van der Waals surface area contributed by atoms with E-state index in [2.05, 4.69) is 5.16 Å². The molecular formula is C11H11FN2O3S. The van der Waals surface area contributed by atoms with E-state index >= 15 is 0 Å². The number of hydrogen-bond acceptors (Lipinski definition) is 5. The molecule has 1 aromatic heterocycles. The molecule has 0 spiro atoms. The van der Waals surface area contributed by atoms with Crippen LogP contribution in [0.4, 0.5) is 10.3 Å². The standard InChI is InChI=1S/C11H11FN2O3S/c1-18(15,16)6-9-10(11(13)17-14-9)7-3-2-4-8(12)5-7/h2-5H,6,13H2,1H3. The fourth-order valence-corrected chi connectivity index (χ4v) is 2.33. The molecule has 0 aliphatic carbocycles. The average molecular weight is 270 g/mol. The second kappa shape index (κ2) is 4.41. The van der Waals surface area contributed by atoms with Crippen LogP contribution in [0.15, 0.2) is 28.8 Å². The fraction of sp³-hybridized carbons (Fsp3) is 0.182. The Kier molecular flexibility index (Phi) is 3.08. The number of nitrogens with zero attached hydrogens (tertiary/aromatic N) is 1. The van der Waals surface area contributed by atoms with Crippen molar-refractivity contribution in [2.24, 2.45) is 0 Å². The van der Waals surface area contributed by atoms with Crippen LogP contribution in [0.3, 0.4) is 0 Å². The van der Waals surface area contributed by atoms with Crippen molar-refractivity contribution in [3.63, 3.8) is 0 Å². The zero-order valence-electron chi connectivity index (χ0n) is 9.55. The molecule has 96 valence electrons. The van der Waals surface area contributed by atoms with Gasteiger partial charge in [-0.1, -0.05) is 17.3 Å². The normalized spacial score (nSPS) is 11.7. The van der Waals surface area contributed by atoms with Crippen molar-refractivity contribution < 1.29 is 17.3 Å². The van der Waals surface area contributed by atoms with Crippen molar-refractivity contribution in [2.75, 3.05) is 12.0 Å². The van der Waals surface area contributed by atoms with E-state index < -0.39 is 15.7 Å². The number of nitrogen functional groups attached to an aromatic ring is 1. The molecule has 0 radical (unpaired) electrons. The Morgan fingerprint density at radius 2 is 2.17 bits per heavy atom. The Balaban J connectivity index is 2.54. The maximum Gasteiger partial charge on any atom is 0.230 e. The first-order valence-corrected chi connectivity index (χ1v) is 7.10. The van der Waals surface area contributed by atoms with Crippen molar-refractivity contribution in [3.05, 3.63) is 35.8 Å². The minimum atomic E-state index is -3.28. The Hall–Kier alpha value is -1.89. The first kappa shape index (κ1) is 12.6. The summed E-state index contributed by atoms with van der Waals surface area (Å²) in [5.41, 5.74) is 6.53. The molecule has 2 rings (SSSR count). The number of aromatic nitrogens is 1. The highest BCUT2D eigenvalue weighted by molar-refractivity contribution is 7.89. The maximum atomic E-state index is 13.2. The van der Waals surface area contributed by atoms with E-state index in [4.69, 9.17) is 10.3 Å². The van der Waals surface area contributed by atoms with Crippen LogP contribution in [0.25, 0.3) is 11.1 Å². The van der Waals surface area contributed by atoms with Gasteiger partial charge in [0, 0.05) is 6.26 Å². The largest absolute Gasteiger partial charge is 0.367 e. The van der Waals surface area contributed by atoms with E-state index in [0.717, 1.165) is 6.26 Å². The molecule has 0 saturated carbocycles. The van der Waals surface area contributed by atoms with Crippen molar-refractivity contribution in [1.29, 1.82) is 0 Å². The Labute approximate surface area is 103 Å². The summed E-state index contributed by atoms with van der Waals surface area (Å²) in [5, 5.41) is 3.61. The maximum absolute atomic E-state index is 13.2. The molecule has 0 unspecified atom stereocenters. The molecule has 2 aromatic rings. The van der Waals surface area contributed by atoms with E-state index in [9.17, 15) is 12.8 Å². The molecule has 0 aliphatic heterocycles. The number of anilines is 1. The lowest BCUT2D eigenvalue weighted by Gasteiger charge is -2.01. The molecule has 0 atom stereocenters. The van der Waals surface area contributed by atoms with Gasteiger partial charge in [0.1, 0.15) is 11.5 Å². The number of benzene rings is 1. The quantitative estimate of drug-likeness (QED) is 0.915. The Morgan fingerprint density at radius 3 is 2.78 bits per heavy atom. The van der Waals surface area contributed by atoms with Gasteiger partial charge in [-0.05, 0) is 17.7 Å². The third-order valence-corrected chi connectivity index (χ3v) is 3.10. The number of sulfone groups is 1. The van der Waals surface area contributed by atoms with Gasteiger partial charge in [0.15, 0.2) is 9.84 Å². The van der Waals surface area contributed by atoms with Gasteiger partial charge < -0.3 is 10.3 Å². The minimum absolute atomic E-state index is 0.0285. The van der Waals surface area contributed by atoms with Gasteiger partial charge in [0.25, 0.3) is 0 Å². The number of nitrogens with two attached hydrogens (primary N) is 1. The molecule has 0 amide bonds. The van der Waals surface area contributed by atoms with E-state index in [-0.39, 0.29) is 17.3 Å². The van der Waals surface area contributed by atoms with E-state index in [1.165, 1.54) is 18.2 Å². The number of hydrogen-bond donors (Lipinski definition) is 1. The zero-order valence-corrected chi connectivity index (χ0v) is 10.4. The van der Waals surface area contributed by atoms with Gasteiger partial charge >= 0.3 is 0 Å². The van der Waals surface area contributed by atoms with Crippen LogP contribution in [0, 0.1) is 5.82 Å². The molecule has 5 nitrogen and oxygen atoms in total. The minimum Gasteiger partial charge on any atom is -0.367 e. The van der Waals surface area contributed by atoms with Crippen LogP contribution < -0.4 is 5.73 Å². The first-order chi connectivity index (χ1) is 8.37. The number of halogens is 1. The smallest absolute Gasteiger partial charge is 0.230 e. The summed E-state index contributed by atoms with van der Waals surface area (Å²) >= 11 is 0. The molecule has 0 saturated heterocycles. The summed E-state index contributed by atoms with van der Waals surface area (Å²) in [6.07, 6.45) is 1.08. The molecule has 7 heteroatoms. The second-order valence-electron chi connectivity index (χ2n) is 3.95. The summed E-state index contributed by atoms with van der Waals surface area (Å²) in [6, 6.07) is 5.64. The predicted octanol–water partition coefficient (Wildman–Crippen LogP) is 1.61. The van der Waals surface area contributed by atoms with Crippen molar-refractivity contribution in [1.82, 2.24) is 5.16 Å². The molecule has 0 aliphatic rings. The molecule has 0 bridgehead atoms. The molecular weight excluding hydrogens is 259 g/mol. The molecule has 1 aromatic carbocycles. The summed E-state index contributed by atoms with van der Waals surface area (Å²) in [4.78, 5) is 0. The van der Waals surface area contributed by atoms with Gasteiger partial charge in [-0.25, -0.2) is 12.8 Å². The fourth-order valence-electron chi connectivity index (χ4n) is 1.64. The lowest BCUT2D eigenvalue weighted by Crippen LogP contribution is -2.02. The third-order valence-electron chi connectivity index (χ3n) is 2.30. The van der Waals surface area contributed by atoms with Gasteiger partial charge in [0.2, 0.25) is 5.88 Å². The van der Waals surface area contributed by atoms with E-state index in [1.807, 2.05) is 0 Å². The highest BCUT2D eigenvalue weighted by Gasteiger charge is 2.19. The van der Waals surface area contributed by atoms with E-state index in [0.29, 0.717) is 11.1 Å². The van der Waals surface area contributed by atoms with Crippen molar-refractivity contribution in [3.8, 4) is 11.1 Å². The SMILES string of the molecule is CS(=O)(=O)Cc1noc(N)c1-c1cccc(F)c1. The van der Waals surface area contributed by atoms with Crippen LogP contribution in [0.5, 0.6) is 0 Å². The molecule has 1 heterocycles. The highest BCUT2D eigenvalue weighted by Crippen LogP contribution is 2.30. The molecule has 2 N–H and O–H groups in total. The topological polar surface area (TPSA) is 86.2 Å². The zero-order chi connectivity index (χ0) is 13.3. The third kappa shape index (κ3) is 2.67. The highest BCUT2D eigenvalue weighted by atomic mass is 32.2. The lowest BCUT2D eigenvalue weighted by atomic mass is 10.1. The molecule has 0 fully saturated rings. The second-order valence-corrected chi connectivity index (χ2v) is 6.09. The van der Waals surface area contributed by atoms with Gasteiger partial charge in [0.05, 0.1) is 11.3 Å². The predicted molar refractivity (Wildman–Crippen MR) is 64.9 cm³/mol. The van der Waals surface area contributed by atoms with E-state index in [1.54, 1.807) is 6.07 Å². The summed E-state index contributed by atoms with van der Waals surface area (Å²) < 4.78 is 40.5. The van der Waals surface area contributed by atoms with Crippen LogP contribution in [0.1, 0.15) is 5.69 Å². The van der Waals surface area contributed by atoms with Crippen LogP contribution in [0.2, 0.25) is 0 Å². The number of rotatable bonds is 3. The average Bonchev–Trinajstić information content (AvgIpc) is 2.57.